The summed E-state index contributed by atoms with van der Waals surface area (Å²) in [6.45, 7) is 0. The molecule has 0 saturated carbocycles. The second-order valence-electron chi connectivity index (χ2n) is 3.57. The zero-order valence-corrected chi connectivity index (χ0v) is 10.4. The fraction of sp³-hybridized carbons (Fsp3) is 0.0833. The van der Waals surface area contributed by atoms with Gasteiger partial charge in [0.25, 0.3) is 5.69 Å². The largest absolute Gasteiger partial charge is 0.272 e. The number of pyridine rings is 1. The van der Waals surface area contributed by atoms with Crippen LogP contribution in [-0.2, 0) is 6.42 Å². The Labute approximate surface area is 107 Å². The van der Waals surface area contributed by atoms with Gasteiger partial charge in [0.05, 0.1) is 4.92 Å². The Bertz CT molecular complexity index is 558. The third-order valence-corrected chi connectivity index (χ3v) is 2.78. The summed E-state index contributed by atoms with van der Waals surface area (Å²) < 4.78 is 0.869. The van der Waals surface area contributed by atoms with Crippen LogP contribution >= 0.6 is 15.9 Å². The van der Waals surface area contributed by atoms with Crippen LogP contribution in [-0.4, -0.2) is 9.91 Å². The summed E-state index contributed by atoms with van der Waals surface area (Å²) in [5.74, 6) is 0. The van der Waals surface area contributed by atoms with Gasteiger partial charge < -0.3 is 0 Å². The Balaban J connectivity index is 2.33. The summed E-state index contributed by atoms with van der Waals surface area (Å²) in [5.41, 5.74) is 1.78. The van der Waals surface area contributed by atoms with E-state index in [4.69, 9.17) is 0 Å². The highest BCUT2D eigenvalue weighted by molar-refractivity contribution is 9.10. The second kappa shape index (κ2) is 5.05. The van der Waals surface area contributed by atoms with Crippen molar-refractivity contribution >= 4 is 21.6 Å². The number of hydrogen-bond donors (Lipinski definition) is 0. The molecule has 0 aliphatic rings. The molecule has 0 aliphatic heterocycles. The van der Waals surface area contributed by atoms with E-state index in [9.17, 15) is 10.1 Å². The zero-order valence-electron chi connectivity index (χ0n) is 8.84. The van der Waals surface area contributed by atoms with Crippen molar-refractivity contribution in [3.63, 3.8) is 0 Å². The van der Waals surface area contributed by atoms with Gasteiger partial charge >= 0.3 is 0 Å². The minimum Gasteiger partial charge on any atom is -0.263 e. The maximum absolute atomic E-state index is 10.9. The van der Waals surface area contributed by atoms with Gasteiger partial charge in [0.1, 0.15) is 0 Å². The summed E-state index contributed by atoms with van der Waals surface area (Å²) >= 11 is 3.33. The van der Waals surface area contributed by atoms with Crippen LogP contribution in [0.4, 0.5) is 5.69 Å². The van der Waals surface area contributed by atoms with Gasteiger partial charge in [-0.25, -0.2) is 0 Å². The molecule has 0 unspecified atom stereocenters. The van der Waals surface area contributed by atoms with Gasteiger partial charge in [0.15, 0.2) is 0 Å². The molecule has 17 heavy (non-hydrogen) atoms. The summed E-state index contributed by atoms with van der Waals surface area (Å²) in [5, 5.41) is 10.9. The van der Waals surface area contributed by atoms with Crippen molar-refractivity contribution in [2.75, 3.05) is 0 Å². The van der Waals surface area contributed by atoms with Crippen molar-refractivity contribution in [3.8, 4) is 0 Å². The first-order chi connectivity index (χ1) is 8.16. The predicted octanol–water partition coefficient (Wildman–Crippen LogP) is 3.34. The number of halogens is 1. The molecule has 5 heteroatoms. The number of aromatic nitrogens is 1. The molecule has 0 atom stereocenters. The fourth-order valence-corrected chi connectivity index (χ4v) is 2.02. The normalized spacial score (nSPS) is 10.2. The smallest absolute Gasteiger partial charge is 0.263 e. The molecule has 2 rings (SSSR count). The van der Waals surface area contributed by atoms with Gasteiger partial charge in [-0.2, -0.15) is 0 Å². The highest BCUT2D eigenvalue weighted by Crippen LogP contribution is 2.21. The van der Waals surface area contributed by atoms with Crippen LogP contribution in [0.2, 0.25) is 0 Å². The molecule has 0 fully saturated rings. The summed E-state index contributed by atoms with van der Waals surface area (Å²) in [4.78, 5) is 14.5. The molecule has 1 heterocycles. The molecule has 0 radical (unpaired) electrons. The number of nitro benzene ring substituents is 1. The minimum absolute atomic E-state index is 0.146. The van der Waals surface area contributed by atoms with E-state index < -0.39 is 0 Å². The van der Waals surface area contributed by atoms with Crippen LogP contribution in [0, 0.1) is 10.1 Å². The van der Waals surface area contributed by atoms with Crippen LogP contribution in [0.15, 0.2) is 47.2 Å². The van der Waals surface area contributed by atoms with Crippen molar-refractivity contribution in [1.82, 2.24) is 4.98 Å². The van der Waals surface area contributed by atoms with Crippen molar-refractivity contribution in [2.24, 2.45) is 0 Å². The van der Waals surface area contributed by atoms with Gasteiger partial charge in [0.2, 0.25) is 0 Å². The number of nitro groups is 1. The number of para-hydroxylation sites is 1. The van der Waals surface area contributed by atoms with Crippen LogP contribution in [0.25, 0.3) is 0 Å². The van der Waals surface area contributed by atoms with Gasteiger partial charge in [-0.05, 0) is 27.6 Å². The minimum atomic E-state index is -0.360. The Morgan fingerprint density at radius 3 is 2.76 bits per heavy atom. The molecule has 4 nitrogen and oxygen atoms in total. The van der Waals surface area contributed by atoms with Crippen molar-refractivity contribution in [1.29, 1.82) is 0 Å². The van der Waals surface area contributed by atoms with Crippen LogP contribution in [0.3, 0.4) is 0 Å². The Kier molecular flexibility index (Phi) is 3.49. The summed E-state index contributed by atoms with van der Waals surface area (Å²) in [6.07, 6.45) is 3.90. The molecule has 1 aromatic heterocycles. The molecule has 86 valence electrons. The quantitative estimate of drug-likeness (QED) is 0.644. The zero-order chi connectivity index (χ0) is 12.3. The standard InChI is InChI=1S/C12H9BrN2O2/c13-11-6-9(7-14-8-11)5-10-3-1-2-4-12(10)15(16)17/h1-4,6-8H,5H2. The van der Waals surface area contributed by atoms with E-state index in [1.54, 1.807) is 30.6 Å². The van der Waals surface area contributed by atoms with Gasteiger partial charge in [0, 0.05) is 34.9 Å². The number of nitrogens with zero attached hydrogens (tertiary/aromatic N) is 2. The Morgan fingerprint density at radius 2 is 2.06 bits per heavy atom. The molecule has 0 amide bonds. The molecule has 2 aromatic rings. The van der Waals surface area contributed by atoms with Gasteiger partial charge in [-0.1, -0.05) is 18.2 Å². The maximum Gasteiger partial charge on any atom is 0.272 e. The molecule has 0 saturated heterocycles. The third kappa shape index (κ3) is 2.88. The van der Waals surface area contributed by atoms with Gasteiger partial charge in [-0.15, -0.1) is 0 Å². The summed E-state index contributed by atoms with van der Waals surface area (Å²) in [6, 6.07) is 8.65. The molecular formula is C12H9BrN2O2. The SMILES string of the molecule is O=[N+]([O-])c1ccccc1Cc1cncc(Br)c1. The lowest BCUT2D eigenvalue weighted by molar-refractivity contribution is -0.385. The van der Waals surface area contributed by atoms with E-state index in [0.717, 1.165) is 10.0 Å². The van der Waals surface area contributed by atoms with Gasteiger partial charge in [-0.3, -0.25) is 15.1 Å². The molecule has 0 aliphatic carbocycles. The maximum atomic E-state index is 10.9. The van der Waals surface area contributed by atoms with E-state index >= 15 is 0 Å². The van der Waals surface area contributed by atoms with Crippen molar-refractivity contribution in [2.45, 2.75) is 6.42 Å². The lowest BCUT2D eigenvalue weighted by Crippen LogP contribution is -1.96. The van der Waals surface area contributed by atoms with Crippen molar-refractivity contribution < 1.29 is 4.92 Å². The third-order valence-electron chi connectivity index (χ3n) is 2.34. The van der Waals surface area contributed by atoms with Crippen LogP contribution in [0.5, 0.6) is 0 Å². The van der Waals surface area contributed by atoms with Crippen LogP contribution < -0.4 is 0 Å². The Hall–Kier alpha value is -1.75. The van der Waals surface area contributed by atoms with E-state index in [1.807, 2.05) is 6.07 Å². The van der Waals surface area contributed by atoms with E-state index in [-0.39, 0.29) is 10.6 Å². The fourth-order valence-electron chi connectivity index (χ4n) is 1.61. The monoisotopic (exact) mass is 292 g/mol. The highest BCUT2D eigenvalue weighted by atomic mass is 79.9. The topological polar surface area (TPSA) is 56.0 Å². The second-order valence-corrected chi connectivity index (χ2v) is 4.49. The molecule has 0 N–H and O–H groups in total. The van der Waals surface area contributed by atoms with E-state index in [0.29, 0.717) is 12.0 Å². The Morgan fingerprint density at radius 1 is 1.29 bits per heavy atom. The first kappa shape index (κ1) is 11.7. The average molecular weight is 293 g/mol. The molecule has 0 spiro atoms. The lowest BCUT2D eigenvalue weighted by Gasteiger charge is -2.03. The lowest BCUT2D eigenvalue weighted by atomic mass is 10.1. The van der Waals surface area contributed by atoms with E-state index in [2.05, 4.69) is 20.9 Å². The first-order valence-corrected chi connectivity index (χ1v) is 5.78. The van der Waals surface area contributed by atoms with Crippen molar-refractivity contribution in [3.05, 3.63) is 68.4 Å². The molecular weight excluding hydrogens is 284 g/mol. The molecule has 0 bridgehead atoms. The number of benzene rings is 1. The highest BCUT2D eigenvalue weighted by Gasteiger charge is 2.12. The number of hydrogen-bond acceptors (Lipinski definition) is 3. The predicted molar refractivity (Wildman–Crippen MR) is 67.8 cm³/mol. The van der Waals surface area contributed by atoms with E-state index in [1.165, 1.54) is 6.07 Å². The van der Waals surface area contributed by atoms with Crippen LogP contribution in [0.1, 0.15) is 11.1 Å². The molecule has 1 aromatic carbocycles. The number of rotatable bonds is 3. The summed E-state index contributed by atoms with van der Waals surface area (Å²) in [7, 11) is 0. The average Bonchev–Trinajstić information content (AvgIpc) is 2.29. The first-order valence-electron chi connectivity index (χ1n) is 4.98.